The van der Waals surface area contributed by atoms with Gasteiger partial charge in [-0.1, -0.05) is 441 Å². The fraction of sp³-hybridized carbons (Fsp3) is 0.864. The molecule has 0 radical (unpaired) electrons. The Kier molecular flexibility index (Phi) is 52.7. The van der Waals surface area contributed by atoms with Crippen molar-refractivity contribution in [3.05, 3.63) is 83.6 Å². The summed E-state index contributed by atoms with van der Waals surface area (Å²) in [6.45, 7) is 105. The molecule has 0 N–H and O–H groups in total. The first-order chi connectivity index (χ1) is 45.5. The summed E-state index contributed by atoms with van der Waals surface area (Å²) in [5, 5.41) is 0. The van der Waals surface area contributed by atoms with Crippen LogP contribution in [0.1, 0.15) is 473 Å². The molecule has 2 saturated carbocycles. The number of hydrogen-bond acceptors (Lipinski definition) is 0. The largest absolute Gasteiger partial charge is 0.0885 e. The van der Waals surface area contributed by atoms with E-state index in [4.69, 9.17) is 0 Å². The number of allylic oxidation sites excluding steroid dienone is 14. The van der Waals surface area contributed by atoms with Gasteiger partial charge in [0.05, 0.1) is 0 Å². The first kappa shape index (κ1) is 110. The summed E-state index contributed by atoms with van der Waals surface area (Å²) in [7, 11) is 0. The Morgan fingerprint density at radius 3 is 0.631 bits per heavy atom. The zero-order valence-electron chi connectivity index (χ0n) is 80.7. The Morgan fingerprint density at radius 1 is 0.252 bits per heavy atom. The van der Waals surface area contributed by atoms with E-state index >= 15 is 0 Å². The minimum Gasteiger partial charge on any atom is -0.0885 e. The van der Waals surface area contributed by atoms with Gasteiger partial charge < -0.3 is 0 Å². The van der Waals surface area contributed by atoms with Gasteiger partial charge in [0, 0.05) is 0 Å². The predicted octanol–water partition coefficient (Wildman–Crippen LogP) is 37.1. The van der Waals surface area contributed by atoms with Crippen molar-refractivity contribution in [1.82, 2.24) is 0 Å². The van der Waals surface area contributed by atoms with Crippen molar-refractivity contribution in [1.29, 1.82) is 0 Å². The van der Waals surface area contributed by atoms with Gasteiger partial charge in [-0.25, -0.2) is 0 Å². The van der Waals surface area contributed by atoms with Gasteiger partial charge in [0.2, 0.25) is 0 Å². The second-order valence-corrected chi connectivity index (χ2v) is 50.0. The van der Waals surface area contributed by atoms with Crippen molar-refractivity contribution in [2.75, 3.05) is 0 Å². The van der Waals surface area contributed by atoms with E-state index < -0.39 is 0 Å². The average Bonchev–Trinajstić information content (AvgIpc) is 0.853. The average molecular weight is 1440 g/mol. The highest BCUT2D eigenvalue weighted by Crippen LogP contribution is 2.46. The van der Waals surface area contributed by atoms with Crippen LogP contribution in [0, 0.1) is 105 Å². The first-order valence-corrected chi connectivity index (χ1v) is 43.3. The van der Waals surface area contributed by atoms with E-state index in [9.17, 15) is 0 Å². The first-order valence-electron chi connectivity index (χ1n) is 43.3. The van der Waals surface area contributed by atoms with Crippen LogP contribution in [0.15, 0.2) is 83.6 Å². The summed E-state index contributed by atoms with van der Waals surface area (Å²) in [6, 6.07) is 0. The van der Waals surface area contributed by atoms with Gasteiger partial charge >= 0.3 is 0 Å². The van der Waals surface area contributed by atoms with E-state index in [1.165, 1.54) is 154 Å². The molecule has 614 valence electrons. The molecule has 0 spiro atoms. The van der Waals surface area contributed by atoms with Gasteiger partial charge in [-0.15, -0.1) is 0 Å². The second-order valence-electron chi connectivity index (χ2n) is 50.0. The zero-order valence-corrected chi connectivity index (χ0v) is 80.7. The second kappa shape index (κ2) is 49.4. The maximum absolute atomic E-state index is 2.50. The van der Waals surface area contributed by atoms with Gasteiger partial charge in [0.25, 0.3) is 0 Å². The smallest absolute Gasteiger partial charge is 0.0170 e. The molecule has 0 aliphatic heterocycles. The molecule has 0 aromatic carbocycles. The highest BCUT2D eigenvalue weighted by Gasteiger charge is 2.35. The maximum Gasteiger partial charge on any atom is -0.0170 e. The molecule has 103 heavy (non-hydrogen) atoms. The van der Waals surface area contributed by atoms with Crippen molar-refractivity contribution in [3.8, 4) is 0 Å². The molecule has 0 saturated heterocycles. The van der Waals surface area contributed by atoms with Crippen LogP contribution < -0.4 is 0 Å². The molecule has 0 aromatic heterocycles. The van der Waals surface area contributed by atoms with Crippen molar-refractivity contribution >= 4 is 0 Å². The van der Waals surface area contributed by atoms with Crippen LogP contribution in [0.5, 0.6) is 0 Å². The van der Waals surface area contributed by atoms with Crippen LogP contribution in [0.2, 0.25) is 0 Å². The third-order valence-corrected chi connectivity index (χ3v) is 19.0. The monoisotopic (exact) mass is 1440 g/mol. The van der Waals surface area contributed by atoms with Gasteiger partial charge in [-0.2, -0.15) is 0 Å². The van der Waals surface area contributed by atoms with Crippen molar-refractivity contribution in [2.24, 2.45) is 105 Å². The van der Waals surface area contributed by atoms with E-state index in [1.54, 1.807) is 16.7 Å². The van der Waals surface area contributed by atoms with Gasteiger partial charge in [0.15, 0.2) is 0 Å². The lowest BCUT2D eigenvalue weighted by Gasteiger charge is -2.41. The quantitative estimate of drug-likeness (QED) is 0.212. The Hall–Kier alpha value is -1.82. The van der Waals surface area contributed by atoms with E-state index in [2.05, 4.69) is 385 Å². The summed E-state index contributed by atoms with van der Waals surface area (Å²) < 4.78 is 0. The number of hydrogen-bond donors (Lipinski definition) is 0. The van der Waals surface area contributed by atoms with Crippen LogP contribution in [0.25, 0.3) is 0 Å². The Morgan fingerprint density at radius 2 is 0.505 bits per heavy atom. The molecule has 3 unspecified atom stereocenters. The molecule has 0 aromatic rings. The molecule has 0 amide bonds. The van der Waals surface area contributed by atoms with E-state index in [0.717, 1.165) is 29.6 Å². The standard InChI is InChI=1S/C14H28.2C14H26.C14H24.C9H20.C6H12.C6H10.C6H8.4C5H12/c4*1-13(2,3)11-7-9-12(10-8-11)14(4,5)6;1-8(2,3)7-9(4,5)6;3*1-2-4-6-5-3-1;4*1-5(2,3)4/h11-12H,7-10H2,1-6H3;7,12H,8-10H2,1-6H3;7,9,11-12H,8,10H2,1-6H3;7,9H,8,10H2,1-6H3;7H2,1-6H3;1-6H2;1-2H,3-6H2;1-4H,5-6H2;4*1-4H3. The van der Waals surface area contributed by atoms with Gasteiger partial charge in [-0.3, -0.25) is 0 Å². The third kappa shape index (κ3) is 79.5. The molecule has 0 heteroatoms. The Balaban J connectivity index is -0.000000347. The molecule has 0 nitrogen and oxygen atoms in total. The molecule has 7 aliphatic rings. The summed E-state index contributed by atoms with van der Waals surface area (Å²) in [5.41, 5.74) is 11.3. The normalized spacial score (nSPS) is 21.3. The van der Waals surface area contributed by atoms with Gasteiger partial charge in [-0.05, 0) is 221 Å². The summed E-state index contributed by atoms with van der Waals surface area (Å²) >= 11 is 0. The molecule has 2 fully saturated rings. The fourth-order valence-electron chi connectivity index (χ4n) is 13.2. The lowest BCUT2D eigenvalue weighted by Crippen LogP contribution is -2.30. The molecule has 0 bridgehead atoms. The molecule has 7 rings (SSSR count). The van der Waals surface area contributed by atoms with Crippen LogP contribution in [-0.4, -0.2) is 0 Å². The van der Waals surface area contributed by atoms with E-state index in [0.29, 0.717) is 75.8 Å². The van der Waals surface area contributed by atoms with Crippen LogP contribution in [0.4, 0.5) is 0 Å². The summed E-state index contributed by atoms with van der Waals surface area (Å²) in [4.78, 5) is 0. The zero-order chi connectivity index (χ0) is 82.4. The fourth-order valence-corrected chi connectivity index (χ4v) is 13.2. The maximum atomic E-state index is 2.50. The van der Waals surface area contributed by atoms with E-state index in [1.807, 2.05) is 0 Å². The molecular formula is C103H202. The minimum absolute atomic E-state index is 0.347. The topological polar surface area (TPSA) is 0 Å². The summed E-state index contributed by atoms with van der Waals surface area (Å²) in [5.74, 6) is 4.36. The molecule has 7 aliphatic carbocycles. The van der Waals surface area contributed by atoms with Crippen LogP contribution in [0.3, 0.4) is 0 Å². The van der Waals surface area contributed by atoms with Crippen LogP contribution in [-0.2, 0) is 0 Å². The van der Waals surface area contributed by atoms with Gasteiger partial charge in [0.1, 0.15) is 0 Å². The lowest BCUT2D eigenvalue weighted by atomic mass is 9.64. The summed E-state index contributed by atoms with van der Waals surface area (Å²) in [6.07, 6.45) is 58.4. The minimum atomic E-state index is 0.347. The van der Waals surface area contributed by atoms with Crippen LogP contribution >= 0.6 is 0 Å². The molecular weight excluding hydrogens is 1240 g/mol. The Bertz CT molecular complexity index is 2100. The molecule has 0 heterocycles. The molecule has 3 atom stereocenters. The van der Waals surface area contributed by atoms with E-state index in [-0.39, 0.29) is 0 Å². The SMILES string of the molecule is C1=CCCC=C1.C1=CCCCC1.C1CCCCC1.CC(C)(C)C.CC(C)(C)C.CC(C)(C)C.CC(C)(C)C.CC(C)(C)C1=CC=C(C(C)(C)C)CC1.CC(C)(C)C1=CCC(C(C)(C)C)CC1.CC(C)(C)C1C=CC(C(C)(C)C)CC1.CC(C)(C)C1CCC(C(C)(C)C)CC1.CC(C)(C)CC(C)(C)C. The number of rotatable bonds is 0. The highest BCUT2D eigenvalue weighted by atomic mass is 14.4. The van der Waals surface area contributed by atoms with Crippen molar-refractivity contribution in [2.45, 2.75) is 473 Å². The van der Waals surface area contributed by atoms with Crippen molar-refractivity contribution in [3.63, 3.8) is 0 Å². The predicted molar refractivity (Wildman–Crippen MR) is 484 cm³/mol. The van der Waals surface area contributed by atoms with Crippen molar-refractivity contribution < 1.29 is 0 Å². The highest BCUT2D eigenvalue weighted by molar-refractivity contribution is 5.30. The Labute approximate surface area is 657 Å². The lowest BCUT2D eigenvalue weighted by molar-refractivity contribution is 0.0970. The third-order valence-electron chi connectivity index (χ3n) is 19.0.